The molecule has 3 aromatic carbocycles. The van der Waals surface area contributed by atoms with Gasteiger partial charge in [-0.1, -0.05) is 78.9 Å². The number of hydrogen-bond donors (Lipinski definition) is 0. The summed E-state index contributed by atoms with van der Waals surface area (Å²) < 4.78 is 5.64. The highest BCUT2D eigenvalue weighted by Crippen LogP contribution is 2.35. The Balaban J connectivity index is 1.18. The first-order valence-electron chi connectivity index (χ1n) is 14.2. The fourth-order valence-electron chi connectivity index (χ4n) is 6.15. The summed E-state index contributed by atoms with van der Waals surface area (Å²) in [6.07, 6.45) is 1.64. The lowest BCUT2D eigenvalue weighted by Gasteiger charge is -2.38. The summed E-state index contributed by atoms with van der Waals surface area (Å²) in [5.74, 6) is 0.803. The van der Waals surface area contributed by atoms with Crippen molar-refractivity contribution in [2.75, 3.05) is 39.3 Å². The molecule has 0 unspecified atom stereocenters. The average molecular weight is 526 g/mol. The Hall–Kier alpha value is -3.64. The Bertz CT molecular complexity index is 1200. The molecule has 2 fully saturated rings. The van der Waals surface area contributed by atoms with Crippen LogP contribution in [-0.4, -0.2) is 72.0 Å². The van der Waals surface area contributed by atoms with Crippen LogP contribution in [0, 0.1) is 5.92 Å². The lowest BCUT2D eigenvalue weighted by Crippen LogP contribution is -2.48. The maximum atomic E-state index is 13.3. The van der Waals surface area contributed by atoms with Crippen LogP contribution in [0.25, 0.3) is 0 Å². The van der Waals surface area contributed by atoms with Crippen molar-refractivity contribution in [1.82, 2.24) is 14.7 Å². The van der Waals surface area contributed by atoms with E-state index in [4.69, 9.17) is 4.74 Å². The summed E-state index contributed by atoms with van der Waals surface area (Å²) in [5.41, 5.74) is 3.06. The number of rotatable bonds is 8. The van der Waals surface area contributed by atoms with Gasteiger partial charge in [0.1, 0.15) is 6.61 Å². The molecule has 5 rings (SSSR count). The maximum absolute atomic E-state index is 13.3. The van der Waals surface area contributed by atoms with Crippen LogP contribution in [-0.2, 0) is 11.3 Å². The molecule has 2 aliphatic rings. The normalized spacial score (nSPS) is 20.1. The van der Waals surface area contributed by atoms with E-state index in [1.165, 1.54) is 5.56 Å². The van der Waals surface area contributed by atoms with Crippen molar-refractivity contribution in [3.05, 3.63) is 108 Å². The summed E-state index contributed by atoms with van der Waals surface area (Å²) in [6.45, 7) is 7.32. The molecule has 2 heterocycles. The first-order chi connectivity index (χ1) is 19.1. The second-order valence-electron chi connectivity index (χ2n) is 10.7. The van der Waals surface area contributed by atoms with Gasteiger partial charge in [0.2, 0.25) is 0 Å². The van der Waals surface area contributed by atoms with Crippen molar-refractivity contribution in [3.8, 4) is 0 Å². The van der Waals surface area contributed by atoms with Gasteiger partial charge in [-0.25, -0.2) is 4.79 Å². The predicted molar refractivity (Wildman–Crippen MR) is 153 cm³/mol. The number of amides is 2. The number of nitrogens with zero attached hydrogens (tertiary/aromatic N) is 3. The first-order valence-corrected chi connectivity index (χ1v) is 14.2. The number of likely N-dealkylation sites (tertiary alicyclic amines) is 2. The molecule has 0 radical (unpaired) electrons. The van der Waals surface area contributed by atoms with Gasteiger partial charge in [-0.3, -0.25) is 4.79 Å². The van der Waals surface area contributed by atoms with Crippen LogP contribution in [0.4, 0.5) is 4.79 Å². The topological polar surface area (TPSA) is 53.1 Å². The zero-order chi connectivity index (χ0) is 27.0. The van der Waals surface area contributed by atoms with Gasteiger partial charge in [0.15, 0.2) is 0 Å². The standard InChI is InChI=1S/C33H39N3O3/c1-2-36(33(38)39-25-26-12-6-3-7-13-26)30-18-20-34(21-19-30)22-29-23-35(32(37)28-16-10-5-11-17-28)24-31(29)27-14-8-4-9-15-27/h3-17,29-31H,2,18-25H2,1H3/t29-,31+/m0/s1. The number of benzene rings is 3. The highest BCUT2D eigenvalue weighted by molar-refractivity contribution is 5.94. The molecular weight excluding hydrogens is 486 g/mol. The second kappa shape index (κ2) is 12.9. The van der Waals surface area contributed by atoms with Gasteiger partial charge in [-0.15, -0.1) is 0 Å². The van der Waals surface area contributed by atoms with Crippen molar-refractivity contribution in [2.24, 2.45) is 5.92 Å². The number of ether oxygens (including phenoxy) is 1. The van der Waals surface area contributed by atoms with E-state index in [1.54, 1.807) is 0 Å². The molecule has 39 heavy (non-hydrogen) atoms. The summed E-state index contributed by atoms with van der Waals surface area (Å²) in [7, 11) is 0. The molecule has 3 aromatic rings. The molecule has 0 spiro atoms. The molecule has 2 atom stereocenters. The largest absolute Gasteiger partial charge is 0.445 e. The second-order valence-corrected chi connectivity index (χ2v) is 10.7. The van der Waals surface area contributed by atoms with Crippen molar-refractivity contribution in [3.63, 3.8) is 0 Å². The number of hydrogen-bond acceptors (Lipinski definition) is 4. The minimum Gasteiger partial charge on any atom is -0.445 e. The lowest BCUT2D eigenvalue weighted by molar-refractivity contribution is 0.0602. The van der Waals surface area contributed by atoms with Gasteiger partial charge in [-0.05, 0) is 48.9 Å². The number of carbonyl (C=O) groups is 2. The van der Waals surface area contributed by atoms with Crippen LogP contribution in [0.5, 0.6) is 0 Å². The maximum Gasteiger partial charge on any atom is 0.410 e. The highest BCUT2D eigenvalue weighted by atomic mass is 16.6. The van der Waals surface area contributed by atoms with Crippen LogP contribution < -0.4 is 0 Å². The molecular formula is C33H39N3O3. The van der Waals surface area contributed by atoms with E-state index in [2.05, 4.69) is 35.2 Å². The predicted octanol–water partition coefficient (Wildman–Crippen LogP) is 5.67. The molecule has 0 aromatic heterocycles. The van der Waals surface area contributed by atoms with E-state index in [0.29, 0.717) is 25.0 Å². The molecule has 6 nitrogen and oxygen atoms in total. The Labute approximate surface area is 232 Å². The molecule has 2 aliphatic heterocycles. The number of piperidine rings is 1. The Kier molecular flexibility index (Phi) is 8.94. The smallest absolute Gasteiger partial charge is 0.410 e. The zero-order valence-corrected chi connectivity index (χ0v) is 22.8. The highest BCUT2D eigenvalue weighted by Gasteiger charge is 2.38. The lowest BCUT2D eigenvalue weighted by atomic mass is 9.88. The van der Waals surface area contributed by atoms with Gasteiger partial charge < -0.3 is 19.4 Å². The van der Waals surface area contributed by atoms with Crippen LogP contribution in [0.3, 0.4) is 0 Å². The van der Waals surface area contributed by atoms with Crippen molar-refractivity contribution >= 4 is 12.0 Å². The monoisotopic (exact) mass is 525 g/mol. The fraction of sp³-hybridized carbons (Fsp3) is 0.394. The quantitative estimate of drug-likeness (QED) is 0.381. The summed E-state index contributed by atoms with van der Waals surface area (Å²) in [6, 6.07) is 30.3. The molecule has 0 N–H and O–H groups in total. The van der Waals surface area contributed by atoms with Crippen LogP contribution in [0.2, 0.25) is 0 Å². The molecule has 0 saturated carbocycles. The van der Waals surface area contributed by atoms with Crippen LogP contribution in [0.1, 0.15) is 47.2 Å². The van der Waals surface area contributed by atoms with Gasteiger partial charge in [-0.2, -0.15) is 0 Å². The Morgan fingerprint density at radius 2 is 1.46 bits per heavy atom. The van der Waals surface area contributed by atoms with Crippen LogP contribution in [0.15, 0.2) is 91.0 Å². The summed E-state index contributed by atoms with van der Waals surface area (Å²) >= 11 is 0. The van der Waals surface area contributed by atoms with Gasteiger partial charge >= 0.3 is 6.09 Å². The fourth-order valence-corrected chi connectivity index (χ4v) is 6.15. The van der Waals surface area contributed by atoms with Crippen molar-refractivity contribution in [2.45, 2.75) is 38.3 Å². The van der Waals surface area contributed by atoms with Crippen molar-refractivity contribution < 1.29 is 14.3 Å². The van der Waals surface area contributed by atoms with E-state index >= 15 is 0 Å². The van der Waals surface area contributed by atoms with Gasteiger partial charge in [0, 0.05) is 56.8 Å². The molecule has 2 amide bonds. The van der Waals surface area contributed by atoms with E-state index < -0.39 is 0 Å². The average Bonchev–Trinajstić information content (AvgIpc) is 3.42. The summed E-state index contributed by atoms with van der Waals surface area (Å²) in [5, 5.41) is 0. The third-order valence-corrected chi connectivity index (χ3v) is 8.25. The van der Waals surface area contributed by atoms with E-state index in [1.807, 2.05) is 77.4 Å². The van der Waals surface area contributed by atoms with E-state index in [-0.39, 0.29) is 18.0 Å². The number of carbonyl (C=O) groups excluding carboxylic acids is 2. The minimum absolute atomic E-state index is 0.116. The SMILES string of the molecule is CCN(C(=O)OCc1ccccc1)C1CCN(C[C@H]2CN(C(=O)c3ccccc3)C[C@@H]2c2ccccc2)CC1. The van der Waals surface area contributed by atoms with Crippen molar-refractivity contribution in [1.29, 1.82) is 0 Å². The molecule has 204 valence electrons. The molecule has 0 bridgehead atoms. The minimum atomic E-state index is -0.227. The first kappa shape index (κ1) is 26.9. The third-order valence-electron chi connectivity index (χ3n) is 8.25. The van der Waals surface area contributed by atoms with Gasteiger partial charge in [0.25, 0.3) is 5.91 Å². The molecule has 0 aliphatic carbocycles. The van der Waals surface area contributed by atoms with Gasteiger partial charge in [0.05, 0.1) is 0 Å². The Morgan fingerprint density at radius 1 is 0.846 bits per heavy atom. The van der Waals surface area contributed by atoms with E-state index in [9.17, 15) is 9.59 Å². The molecule has 6 heteroatoms. The Morgan fingerprint density at radius 3 is 2.10 bits per heavy atom. The summed E-state index contributed by atoms with van der Waals surface area (Å²) in [4.78, 5) is 32.6. The van der Waals surface area contributed by atoms with Crippen LogP contribution >= 0.6 is 0 Å². The molecule has 2 saturated heterocycles. The third kappa shape index (κ3) is 6.69. The zero-order valence-electron chi connectivity index (χ0n) is 22.8. The van der Waals surface area contributed by atoms with E-state index in [0.717, 1.165) is 56.7 Å².